The lowest BCUT2D eigenvalue weighted by atomic mass is 10.0. The number of pyridine rings is 1. The largest absolute Gasteiger partial charge is 0.382 e. The third-order valence-corrected chi connectivity index (χ3v) is 6.10. The van der Waals surface area contributed by atoms with Gasteiger partial charge in [0.1, 0.15) is 0 Å². The summed E-state index contributed by atoms with van der Waals surface area (Å²) < 4.78 is 7.56. The van der Waals surface area contributed by atoms with Crippen molar-refractivity contribution < 1.29 is 9.53 Å². The molecule has 3 rings (SSSR count). The molecule has 3 aromatic rings. The molecule has 2 heterocycles. The number of ether oxygens (including phenoxy) is 1. The van der Waals surface area contributed by atoms with Gasteiger partial charge in [0.15, 0.2) is 11.0 Å². The minimum absolute atomic E-state index is 0.0579. The number of carbonyl (C=O) groups is 1. The second-order valence-corrected chi connectivity index (χ2v) is 9.04. The van der Waals surface area contributed by atoms with Crippen LogP contribution in [0.4, 0.5) is 5.69 Å². The van der Waals surface area contributed by atoms with E-state index in [1.54, 1.807) is 12.4 Å². The van der Waals surface area contributed by atoms with Crippen molar-refractivity contribution in [3.63, 3.8) is 0 Å². The summed E-state index contributed by atoms with van der Waals surface area (Å²) in [5.74, 6) is 1.03. The maximum Gasteiger partial charge on any atom is 0.237 e. The van der Waals surface area contributed by atoms with E-state index in [1.807, 2.05) is 50.2 Å². The number of amides is 1. The van der Waals surface area contributed by atoms with Crippen LogP contribution in [0.5, 0.6) is 0 Å². The Kier molecular flexibility index (Phi) is 8.81. The van der Waals surface area contributed by atoms with Crippen LogP contribution in [0, 0.1) is 0 Å². The van der Waals surface area contributed by atoms with Gasteiger partial charge in [-0.05, 0) is 49.9 Å². The highest BCUT2D eigenvalue weighted by molar-refractivity contribution is 8.00. The van der Waals surface area contributed by atoms with Crippen molar-refractivity contribution in [2.75, 3.05) is 18.5 Å². The van der Waals surface area contributed by atoms with Gasteiger partial charge < -0.3 is 14.6 Å². The topological polar surface area (TPSA) is 81.9 Å². The number of para-hydroxylation sites is 1. The fourth-order valence-corrected chi connectivity index (χ4v) is 4.20. The van der Waals surface area contributed by atoms with Crippen LogP contribution in [0.1, 0.15) is 45.6 Å². The van der Waals surface area contributed by atoms with Crippen LogP contribution in [-0.2, 0) is 16.1 Å². The van der Waals surface area contributed by atoms with E-state index in [0.29, 0.717) is 30.8 Å². The normalized spacial score (nSPS) is 12.2. The number of hydrogen-bond acceptors (Lipinski definition) is 6. The summed E-state index contributed by atoms with van der Waals surface area (Å²) in [6, 6.07) is 11.8. The minimum atomic E-state index is -0.338. The van der Waals surface area contributed by atoms with Gasteiger partial charge in [-0.1, -0.05) is 43.8 Å². The predicted octanol–water partition coefficient (Wildman–Crippen LogP) is 5.01. The Morgan fingerprint density at radius 2 is 1.88 bits per heavy atom. The molecule has 0 unspecified atom stereocenters. The highest BCUT2D eigenvalue weighted by Crippen LogP contribution is 2.29. The van der Waals surface area contributed by atoms with Crippen molar-refractivity contribution in [2.45, 2.75) is 57.0 Å². The molecule has 0 fully saturated rings. The number of benzene rings is 1. The van der Waals surface area contributed by atoms with Gasteiger partial charge in [-0.3, -0.25) is 9.78 Å². The molecule has 1 aromatic carbocycles. The van der Waals surface area contributed by atoms with E-state index < -0.39 is 0 Å². The molecule has 1 amide bonds. The van der Waals surface area contributed by atoms with Gasteiger partial charge in [-0.15, -0.1) is 10.2 Å². The van der Waals surface area contributed by atoms with Gasteiger partial charge >= 0.3 is 0 Å². The summed E-state index contributed by atoms with van der Waals surface area (Å²) in [6.07, 6.45) is 4.31. The Labute approximate surface area is 194 Å². The first-order valence-electron chi connectivity index (χ1n) is 11.0. The average molecular weight is 454 g/mol. The van der Waals surface area contributed by atoms with Crippen LogP contribution < -0.4 is 5.32 Å². The number of rotatable bonds is 11. The Morgan fingerprint density at radius 3 is 2.59 bits per heavy atom. The number of carbonyl (C=O) groups excluding carboxylic acids is 1. The standard InChI is InChI=1S/C24H31N5O2S/c1-5-31-16-8-15-29-22(19-11-13-25-14-12-19)27-28-24(29)32-18(4)23(30)26-21-10-7-6-9-20(21)17(2)3/h6-7,9-14,17-18H,5,8,15-16H2,1-4H3,(H,26,30)/t18-/m1/s1. The van der Waals surface area contributed by atoms with Gasteiger partial charge in [0.2, 0.25) is 5.91 Å². The fraction of sp³-hybridized carbons (Fsp3) is 0.417. The molecule has 32 heavy (non-hydrogen) atoms. The second-order valence-electron chi connectivity index (χ2n) is 7.74. The molecule has 1 N–H and O–H groups in total. The third-order valence-electron chi connectivity index (χ3n) is 5.02. The molecule has 1 atom stereocenters. The zero-order valence-electron chi connectivity index (χ0n) is 19.1. The van der Waals surface area contributed by atoms with Crippen molar-refractivity contribution in [3.8, 4) is 11.4 Å². The molecule has 0 aliphatic carbocycles. The molecule has 0 bridgehead atoms. The maximum atomic E-state index is 13.0. The lowest BCUT2D eigenvalue weighted by Gasteiger charge is -2.17. The lowest BCUT2D eigenvalue weighted by molar-refractivity contribution is -0.115. The summed E-state index contributed by atoms with van der Waals surface area (Å²) >= 11 is 1.41. The van der Waals surface area contributed by atoms with E-state index >= 15 is 0 Å². The first-order chi connectivity index (χ1) is 15.5. The van der Waals surface area contributed by atoms with E-state index in [-0.39, 0.29) is 11.2 Å². The molecule has 0 spiro atoms. The van der Waals surface area contributed by atoms with E-state index in [1.165, 1.54) is 11.8 Å². The highest BCUT2D eigenvalue weighted by atomic mass is 32.2. The van der Waals surface area contributed by atoms with Gasteiger partial charge in [-0.25, -0.2) is 0 Å². The minimum Gasteiger partial charge on any atom is -0.382 e. The van der Waals surface area contributed by atoms with Gasteiger partial charge in [-0.2, -0.15) is 0 Å². The Morgan fingerprint density at radius 1 is 1.12 bits per heavy atom. The molecule has 0 saturated heterocycles. The molecule has 0 aliphatic rings. The van der Waals surface area contributed by atoms with E-state index in [9.17, 15) is 4.79 Å². The molecule has 2 aromatic heterocycles. The van der Waals surface area contributed by atoms with Gasteiger partial charge in [0.25, 0.3) is 0 Å². The van der Waals surface area contributed by atoms with E-state index in [2.05, 4.69) is 38.9 Å². The number of anilines is 1. The van der Waals surface area contributed by atoms with Crippen LogP contribution in [0.25, 0.3) is 11.4 Å². The summed E-state index contributed by atoms with van der Waals surface area (Å²) in [4.78, 5) is 17.1. The van der Waals surface area contributed by atoms with Crippen LogP contribution in [-0.4, -0.2) is 44.1 Å². The number of nitrogens with one attached hydrogen (secondary N) is 1. The fourth-order valence-electron chi connectivity index (χ4n) is 3.32. The first kappa shape index (κ1) is 23.9. The summed E-state index contributed by atoms with van der Waals surface area (Å²) in [5, 5.41) is 12.3. The van der Waals surface area contributed by atoms with Gasteiger partial charge in [0.05, 0.1) is 5.25 Å². The van der Waals surface area contributed by atoms with Crippen molar-refractivity contribution in [2.24, 2.45) is 0 Å². The average Bonchev–Trinajstić information content (AvgIpc) is 3.19. The molecular weight excluding hydrogens is 422 g/mol. The smallest absolute Gasteiger partial charge is 0.237 e. The summed E-state index contributed by atoms with van der Waals surface area (Å²) in [6.45, 7) is 10.2. The van der Waals surface area contributed by atoms with Crippen LogP contribution in [0.2, 0.25) is 0 Å². The van der Waals surface area contributed by atoms with Gasteiger partial charge in [0, 0.05) is 43.4 Å². The van der Waals surface area contributed by atoms with Crippen molar-refractivity contribution in [3.05, 3.63) is 54.4 Å². The molecule has 8 heteroatoms. The Balaban J connectivity index is 1.76. The van der Waals surface area contributed by atoms with Crippen molar-refractivity contribution in [1.82, 2.24) is 19.7 Å². The van der Waals surface area contributed by atoms with Crippen molar-refractivity contribution in [1.29, 1.82) is 0 Å². The molecular formula is C24H31N5O2S. The SMILES string of the molecule is CCOCCCn1c(S[C@H](C)C(=O)Nc2ccccc2C(C)C)nnc1-c1ccncc1. The molecule has 0 radical (unpaired) electrons. The number of nitrogens with zero attached hydrogens (tertiary/aromatic N) is 4. The molecule has 0 aliphatic heterocycles. The van der Waals surface area contributed by atoms with Crippen molar-refractivity contribution >= 4 is 23.4 Å². The molecule has 170 valence electrons. The Bertz CT molecular complexity index is 1010. The molecule has 0 saturated carbocycles. The monoisotopic (exact) mass is 453 g/mol. The highest BCUT2D eigenvalue weighted by Gasteiger charge is 2.22. The van der Waals surface area contributed by atoms with E-state index in [0.717, 1.165) is 29.1 Å². The number of aromatic nitrogens is 4. The number of thioether (sulfide) groups is 1. The maximum absolute atomic E-state index is 13.0. The predicted molar refractivity (Wildman–Crippen MR) is 129 cm³/mol. The van der Waals surface area contributed by atoms with E-state index in [4.69, 9.17) is 4.74 Å². The van der Waals surface area contributed by atoms with Crippen LogP contribution in [0.3, 0.4) is 0 Å². The summed E-state index contributed by atoms with van der Waals surface area (Å²) in [5.41, 5.74) is 2.92. The Hall–Kier alpha value is -2.71. The zero-order valence-corrected chi connectivity index (χ0v) is 19.9. The van der Waals surface area contributed by atoms with Crippen LogP contribution >= 0.6 is 11.8 Å². The quantitative estimate of drug-likeness (QED) is 0.325. The zero-order chi connectivity index (χ0) is 22.9. The number of hydrogen-bond donors (Lipinski definition) is 1. The third kappa shape index (κ3) is 6.17. The first-order valence-corrected chi connectivity index (χ1v) is 11.9. The summed E-state index contributed by atoms with van der Waals surface area (Å²) in [7, 11) is 0. The lowest BCUT2D eigenvalue weighted by Crippen LogP contribution is -2.23. The molecule has 7 nitrogen and oxygen atoms in total. The second kappa shape index (κ2) is 11.8. The van der Waals surface area contributed by atoms with Crippen LogP contribution in [0.15, 0.2) is 53.9 Å².